The topological polar surface area (TPSA) is 85.1 Å². The number of imidazole rings is 1. The van der Waals surface area contributed by atoms with Gasteiger partial charge in [-0.1, -0.05) is 42.5 Å². The minimum Gasteiger partial charge on any atom is -0.491 e. The van der Waals surface area contributed by atoms with Crippen LogP contribution in [0.25, 0.3) is 11.2 Å². The van der Waals surface area contributed by atoms with E-state index in [0.717, 1.165) is 22.4 Å². The Morgan fingerprint density at radius 2 is 1.90 bits per heavy atom. The van der Waals surface area contributed by atoms with Gasteiger partial charge in [0.1, 0.15) is 30.3 Å². The van der Waals surface area contributed by atoms with Gasteiger partial charge >= 0.3 is 0 Å². The minimum atomic E-state index is -0.696. The molecule has 4 rings (SSSR count). The number of benzene rings is 2. The molecule has 0 saturated heterocycles. The first-order valence-corrected chi connectivity index (χ1v) is 9.92. The molecule has 2 aromatic carbocycles. The number of hydrogen-bond donors (Lipinski definition) is 2. The van der Waals surface area contributed by atoms with Crippen molar-refractivity contribution < 1.29 is 9.84 Å². The molecule has 0 bridgehead atoms. The Balaban J connectivity index is 1.42. The largest absolute Gasteiger partial charge is 0.491 e. The van der Waals surface area contributed by atoms with E-state index in [9.17, 15) is 5.11 Å². The molecule has 2 heterocycles. The summed E-state index contributed by atoms with van der Waals surface area (Å²) in [5.41, 5.74) is 4.67. The molecule has 0 fully saturated rings. The average molecular weight is 403 g/mol. The second-order valence-electron chi connectivity index (χ2n) is 7.36. The van der Waals surface area contributed by atoms with Gasteiger partial charge in [-0.15, -0.1) is 0 Å². The maximum absolute atomic E-state index is 10.5. The third-order valence-electron chi connectivity index (χ3n) is 4.89. The first-order valence-electron chi connectivity index (χ1n) is 9.92. The van der Waals surface area contributed by atoms with Gasteiger partial charge in [0.05, 0.1) is 12.9 Å². The van der Waals surface area contributed by atoms with Crippen LogP contribution in [0.5, 0.6) is 5.75 Å². The van der Waals surface area contributed by atoms with Gasteiger partial charge in [0.2, 0.25) is 0 Å². The molecule has 0 aliphatic rings. The Labute approximate surface area is 175 Å². The van der Waals surface area contributed by atoms with E-state index in [2.05, 4.69) is 32.4 Å². The molecule has 2 N–H and O–H groups in total. The molecule has 1 atom stereocenters. The Morgan fingerprint density at radius 3 is 2.73 bits per heavy atom. The van der Waals surface area contributed by atoms with E-state index in [1.54, 1.807) is 6.33 Å². The molecule has 4 aromatic rings. The van der Waals surface area contributed by atoms with Crippen LogP contribution in [0.2, 0.25) is 0 Å². The number of aromatic nitrogens is 4. The van der Waals surface area contributed by atoms with Crippen molar-refractivity contribution >= 4 is 17.0 Å². The summed E-state index contributed by atoms with van der Waals surface area (Å²) in [7, 11) is 0. The monoisotopic (exact) mass is 403 g/mol. The summed E-state index contributed by atoms with van der Waals surface area (Å²) in [5.74, 6) is 1.46. The lowest BCUT2D eigenvalue weighted by molar-refractivity contribution is 0.0929. The van der Waals surface area contributed by atoms with E-state index in [4.69, 9.17) is 4.74 Å². The van der Waals surface area contributed by atoms with Crippen molar-refractivity contribution in [3.05, 3.63) is 77.9 Å². The maximum Gasteiger partial charge on any atom is 0.165 e. The molecule has 0 aliphatic carbocycles. The smallest absolute Gasteiger partial charge is 0.165 e. The SMILES string of the molecule is Cc1ccc(C)c(OC[C@H](O)Cn2cnc3c(NCc4ccccc4)ncnc32)c1. The zero-order chi connectivity index (χ0) is 20.9. The van der Waals surface area contributed by atoms with E-state index >= 15 is 0 Å². The summed E-state index contributed by atoms with van der Waals surface area (Å²) in [6.07, 6.45) is 2.49. The minimum absolute atomic E-state index is 0.189. The highest BCUT2D eigenvalue weighted by atomic mass is 16.5. The second-order valence-corrected chi connectivity index (χ2v) is 7.36. The quantitative estimate of drug-likeness (QED) is 0.468. The molecule has 0 aliphatic heterocycles. The number of nitrogens with zero attached hydrogens (tertiary/aromatic N) is 4. The third kappa shape index (κ3) is 4.58. The molecule has 30 heavy (non-hydrogen) atoms. The molecule has 7 heteroatoms. The van der Waals surface area contributed by atoms with Crippen molar-refractivity contribution in [2.24, 2.45) is 0 Å². The lowest BCUT2D eigenvalue weighted by Crippen LogP contribution is -2.23. The lowest BCUT2D eigenvalue weighted by atomic mass is 10.1. The maximum atomic E-state index is 10.5. The highest BCUT2D eigenvalue weighted by Gasteiger charge is 2.14. The van der Waals surface area contributed by atoms with E-state index in [1.165, 1.54) is 6.33 Å². The van der Waals surface area contributed by atoms with Crippen molar-refractivity contribution in [3.63, 3.8) is 0 Å². The molecule has 0 radical (unpaired) electrons. The summed E-state index contributed by atoms with van der Waals surface area (Å²) in [6.45, 7) is 5.17. The van der Waals surface area contributed by atoms with E-state index in [0.29, 0.717) is 30.1 Å². The highest BCUT2D eigenvalue weighted by molar-refractivity contribution is 5.82. The van der Waals surface area contributed by atoms with E-state index in [-0.39, 0.29) is 6.61 Å². The standard InChI is InChI=1S/C23H25N5O2/c1-16-8-9-17(2)20(10-16)30-13-19(29)12-28-15-27-21-22(25-14-26-23(21)28)24-11-18-6-4-3-5-7-18/h3-10,14-15,19,29H,11-13H2,1-2H3,(H,24,25,26)/t19-/m1/s1. The van der Waals surface area contributed by atoms with Crippen LogP contribution in [0.3, 0.4) is 0 Å². The van der Waals surface area contributed by atoms with Crippen LogP contribution in [-0.2, 0) is 13.1 Å². The fourth-order valence-corrected chi connectivity index (χ4v) is 3.25. The zero-order valence-electron chi connectivity index (χ0n) is 17.1. The predicted molar refractivity (Wildman–Crippen MR) is 117 cm³/mol. The molecule has 0 saturated carbocycles. The number of aryl methyl sites for hydroxylation is 2. The molecule has 7 nitrogen and oxygen atoms in total. The number of ether oxygens (including phenoxy) is 1. The fraction of sp³-hybridized carbons (Fsp3) is 0.261. The molecule has 0 unspecified atom stereocenters. The van der Waals surface area contributed by atoms with Crippen LogP contribution in [-0.4, -0.2) is 37.3 Å². The summed E-state index contributed by atoms with van der Waals surface area (Å²) in [6, 6.07) is 16.1. The van der Waals surface area contributed by atoms with Crippen LogP contribution in [0, 0.1) is 13.8 Å². The lowest BCUT2D eigenvalue weighted by Gasteiger charge is -2.15. The van der Waals surface area contributed by atoms with Crippen LogP contribution >= 0.6 is 0 Å². The normalized spacial score (nSPS) is 12.1. The van der Waals surface area contributed by atoms with Crippen molar-refractivity contribution in [1.29, 1.82) is 0 Å². The van der Waals surface area contributed by atoms with Crippen molar-refractivity contribution in [1.82, 2.24) is 19.5 Å². The van der Waals surface area contributed by atoms with Crippen LogP contribution < -0.4 is 10.1 Å². The first-order chi connectivity index (χ1) is 14.6. The van der Waals surface area contributed by atoms with Gasteiger partial charge in [-0.05, 0) is 36.6 Å². The van der Waals surface area contributed by atoms with Gasteiger partial charge in [-0.3, -0.25) is 0 Å². The Bertz CT molecular complexity index is 1130. The fourth-order valence-electron chi connectivity index (χ4n) is 3.25. The Kier molecular flexibility index (Phi) is 5.90. The predicted octanol–water partition coefficient (Wildman–Crippen LogP) is 3.50. The number of rotatable bonds is 8. The number of anilines is 1. The van der Waals surface area contributed by atoms with Gasteiger partial charge < -0.3 is 19.7 Å². The van der Waals surface area contributed by atoms with E-state index < -0.39 is 6.10 Å². The van der Waals surface area contributed by atoms with Gasteiger partial charge in [-0.2, -0.15) is 0 Å². The summed E-state index contributed by atoms with van der Waals surface area (Å²) in [5, 5.41) is 13.8. The average Bonchev–Trinajstić information content (AvgIpc) is 3.17. The van der Waals surface area contributed by atoms with E-state index in [1.807, 2.05) is 54.8 Å². The Morgan fingerprint density at radius 1 is 1.07 bits per heavy atom. The number of hydrogen-bond acceptors (Lipinski definition) is 6. The van der Waals surface area contributed by atoms with Crippen molar-refractivity contribution in [3.8, 4) is 5.75 Å². The molecule has 0 amide bonds. The summed E-state index contributed by atoms with van der Waals surface area (Å²) >= 11 is 0. The molecule has 0 spiro atoms. The molecular weight excluding hydrogens is 378 g/mol. The van der Waals surface area contributed by atoms with Crippen molar-refractivity contribution in [2.75, 3.05) is 11.9 Å². The second kappa shape index (κ2) is 8.92. The zero-order valence-corrected chi connectivity index (χ0v) is 17.1. The molecule has 154 valence electrons. The van der Waals surface area contributed by atoms with Gasteiger partial charge in [0.25, 0.3) is 0 Å². The first kappa shape index (κ1) is 19.8. The van der Waals surface area contributed by atoms with Gasteiger partial charge in [0, 0.05) is 6.54 Å². The summed E-state index contributed by atoms with van der Waals surface area (Å²) in [4.78, 5) is 13.1. The van der Waals surface area contributed by atoms with Crippen molar-refractivity contribution in [2.45, 2.75) is 33.0 Å². The summed E-state index contributed by atoms with van der Waals surface area (Å²) < 4.78 is 7.64. The molecule has 2 aromatic heterocycles. The molecular formula is C23H25N5O2. The third-order valence-corrected chi connectivity index (χ3v) is 4.89. The number of aliphatic hydroxyl groups excluding tert-OH is 1. The number of nitrogens with one attached hydrogen (secondary N) is 1. The van der Waals surface area contributed by atoms with Crippen LogP contribution in [0.4, 0.5) is 5.82 Å². The van der Waals surface area contributed by atoms with Crippen LogP contribution in [0.1, 0.15) is 16.7 Å². The Hall–Kier alpha value is -3.45. The van der Waals surface area contributed by atoms with Crippen LogP contribution in [0.15, 0.2) is 61.2 Å². The van der Waals surface area contributed by atoms with Gasteiger partial charge in [0.15, 0.2) is 11.5 Å². The number of aliphatic hydroxyl groups is 1. The highest BCUT2D eigenvalue weighted by Crippen LogP contribution is 2.21. The number of fused-ring (bicyclic) bond motifs is 1. The van der Waals surface area contributed by atoms with Gasteiger partial charge in [-0.25, -0.2) is 15.0 Å².